The Morgan fingerprint density at radius 3 is 2.37 bits per heavy atom. The van der Waals surface area contributed by atoms with Crippen molar-refractivity contribution in [1.82, 2.24) is 0 Å². The zero-order chi connectivity index (χ0) is 14.0. The van der Waals surface area contributed by atoms with Crippen LogP contribution in [0.4, 0.5) is 11.4 Å². The van der Waals surface area contributed by atoms with E-state index in [4.69, 9.17) is 11.1 Å². The van der Waals surface area contributed by atoms with Crippen LogP contribution in [0.5, 0.6) is 0 Å². The Morgan fingerprint density at radius 1 is 1.05 bits per heavy atom. The van der Waals surface area contributed by atoms with Gasteiger partial charge >= 0.3 is 0 Å². The average molecular weight is 253 g/mol. The van der Waals surface area contributed by atoms with Crippen molar-refractivity contribution in [1.29, 1.82) is 5.41 Å². The van der Waals surface area contributed by atoms with Crippen LogP contribution in [0.25, 0.3) is 0 Å². The molecule has 0 fully saturated rings. The lowest BCUT2D eigenvalue weighted by molar-refractivity contribution is 1.19. The molecule has 0 aliphatic rings. The van der Waals surface area contributed by atoms with Crippen LogP contribution in [0.15, 0.2) is 42.5 Å². The van der Waals surface area contributed by atoms with E-state index >= 15 is 0 Å². The number of anilines is 2. The van der Waals surface area contributed by atoms with Gasteiger partial charge in [0, 0.05) is 18.3 Å². The predicted octanol–water partition coefficient (Wildman–Crippen LogP) is 3.36. The van der Waals surface area contributed by atoms with Crippen molar-refractivity contribution in [3.63, 3.8) is 0 Å². The van der Waals surface area contributed by atoms with E-state index in [2.05, 4.69) is 30.0 Å². The molecule has 3 heteroatoms. The van der Waals surface area contributed by atoms with Gasteiger partial charge in [-0.2, -0.15) is 0 Å². The van der Waals surface area contributed by atoms with Gasteiger partial charge in [0.25, 0.3) is 0 Å². The van der Waals surface area contributed by atoms with Crippen molar-refractivity contribution in [2.45, 2.75) is 13.8 Å². The normalized spacial score (nSPS) is 10.3. The van der Waals surface area contributed by atoms with Crippen LogP contribution in [0.2, 0.25) is 0 Å². The third-order valence-corrected chi connectivity index (χ3v) is 3.19. The zero-order valence-corrected chi connectivity index (χ0v) is 11.6. The third-order valence-electron chi connectivity index (χ3n) is 3.19. The van der Waals surface area contributed by atoms with Crippen molar-refractivity contribution in [2.75, 3.05) is 11.9 Å². The summed E-state index contributed by atoms with van der Waals surface area (Å²) in [5.74, 6) is 0.0956. The van der Waals surface area contributed by atoms with Crippen molar-refractivity contribution < 1.29 is 0 Å². The smallest absolute Gasteiger partial charge is 0.124 e. The Bertz CT molecular complexity index is 617. The summed E-state index contributed by atoms with van der Waals surface area (Å²) in [6, 6.07) is 14.3. The minimum absolute atomic E-state index is 0.0956. The molecule has 19 heavy (non-hydrogen) atoms. The molecular weight excluding hydrogens is 234 g/mol. The van der Waals surface area contributed by atoms with Crippen LogP contribution in [-0.2, 0) is 0 Å². The first-order valence-corrected chi connectivity index (χ1v) is 6.24. The van der Waals surface area contributed by atoms with Gasteiger partial charge in [0.1, 0.15) is 5.84 Å². The molecule has 2 aromatic rings. The number of benzene rings is 2. The molecule has 0 amide bonds. The molecule has 0 spiro atoms. The SMILES string of the molecule is Cc1cccc(N(C)c2ccc(C)cc2C(=N)N)c1. The molecule has 0 heterocycles. The molecule has 3 N–H and O–H groups in total. The van der Waals surface area contributed by atoms with Crippen LogP contribution in [0.3, 0.4) is 0 Å². The van der Waals surface area contributed by atoms with Crippen molar-refractivity contribution >= 4 is 17.2 Å². The first kappa shape index (κ1) is 13.1. The summed E-state index contributed by atoms with van der Waals surface area (Å²) in [5, 5.41) is 7.72. The molecular formula is C16H19N3. The van der Waals surface area contributed by atoms with Crippen LogP contribution in [-0.4, -0.2) is 12.9 Å². The second kappa shape index (κ2) is 5.14. The third kappa shape index (κ3) is 2.76. The van der Waals surface area contributed by atoms with E-state index in [-0.39, 0.29) is 5.84 Å². The van der Waals surface area contributed by atoms with Crippen molar-refractivity contribution in [3.8, 4) is 0 Å². The highest BCUT2D eigenvalue weighted by atomic mass is 15.1. The van der Waals surface area contributed by atoms with Crippen LogP contribution in [0, 0.1) is 19.3 Å². The Kier molecular flexibility index (Phi) is 3.56. The summed E-state index contributed by atoms with van der Waals surface area (Å²) in [6.07, 6.45) is 0. The number of hydrogen-bond donors (Lipinski definition) is 2. The summed E-state index contributed by atoms with van der Waals surface area (Å²) in [7, 11) is 1.99. The fourth-order valence-corrected chi connectivity index (χ4v) is 2.13. The van der Waals surface area contributed by atoms with E-state index in [1.807, 2.05) is 38.2 Å². The summed E-state index contributed by atoms with van der Waals surface area (Å²) < 4.78 is 0. The second-order valence-corrected chi connectivity index (χ2v) is 4.83. The lowest BCUT2D eigenvalue weighted by atomic mass is 10.1. The van der Waals surface area contributed by atoms with Gasteiger partial charge < -0.3 is 10.6 Å². The minimum Gasteiger partial charge on any atom is -0.384 e. The van der Waals surface area contributed by atoms with E-state index in [9.17, 15) is 0 Å². The van der Waals surface area contributed by atoms with Gasteiger partial charge in [-0.15, -0.1) is 0 Å². The van der Waals surface area contributed by atoms with Gasteiger partial charge in [-0.05, 0) is 43.7 Å². The summed E-state index contributed by atoms with van der Waals surface area (Å²) in [5.41, 5.74) is 10.8. The van der Waals surface area contributed by atoms with E-state index in [0.717, 1.165) is 22.5 Å². The fraction of sp³-hybridized carbons (Fsp3) is 0.188. The molecule has 0 saturated carbocycles. The number of aryl methyl sites for hydroxylation is 2. The summed E-state index contributed by atoms with van der Waals surface area (Å²) in [4.78, 5) is 2.06. The Morgan fingerprint density at radius 2 is 1.74 bits per heavy atom. The van der Waals surface area contributed by atoms with Gasteiger partial charge in [0.15, 0.2) is 0 Å². The van der Waals surface area contributed by atoms with E-state index < -0.39 is 0 Å². The monoisotopic (exact) mass is 253 g/mol. The van der Waals surface area contributed by atoms with E-state index in [0.29, 0.717) is 0 Å². The number of amidine groups is 1. The minimum atomic E-state index is 0.0956. The maximum atomic E-state index is 7.72. The van der Waals surface area contributed by atoms with E-state index in [1.165, 1.54) is 5.56 Å². The molecule has 0 unspecified atom stereocenters. The first-order chi connectivity index (χ1) is 8.99. The lowest BCUT2D eigenvalue weighted by Crippen LogP contribution is -2.18. The highest BCUT2D eigenvalue weighted by Crippen LogP contribution is 2.28. The highest BCUT2D eigenvalue weighted by Gasteiger charge is 2.11. The second-order valence-electron chi connectivity index (χ2n) is 4.83. The number of nitrogens with two attached hydrogens (primary N) is 1. The molecule has 98 valence electrons. The van der Waals surface area contributed by atoms with Crippen molar-refractivity contribution in [3.05, 3.63) is 59.2 Å². The largest absolute Gasteiger partial charge is 0.384 e. The highest BCUT2D eigenvalue weighted by molar-refractivity contribution is 6.01. The first-order valence-electron chi connectivity index (χ1n) is 6.24. The van der Waals surface area contributed by atoms with Gasteiger partial charge in [-0.1, -0.05) is 23.8 Å². The number of hydrogen-bond acceptors (Lipinski definition) is 2. The maximum Gasteiger partial charge on any atom is 0.124 e. The van der Waals surface area contributed by atoms with Gasteiger partial charge in [-0.3, -0.25) is 5.41 Å². The van der Waals surface area contributed by atoms with Gasteiger partial charge in [0.05, 0.1) is 5.69 Å². The molecule has 0 atom stereocenters. The number of nitrogens with zero attached hydrogens (tertiary/aromatic N) is 1. The maximum absolute atomic E-state index is 7.72. The Hall–Kier alpha value is -2.29. The molecule has 0 aromatic heterocycles. The molecule has 0 radical (unpaired) electrons. The number of rotatable bonds is 3. The molecule has 3 nitrogen and oxygen atoms in total. The number of nitrogen functional groups attached to an aromatic ring is 1. The molecule has 0 saturated heterocycles. The summed E-state index contributed by atoms with van der Waals surface area (Å²) in [6.45, 7) is 4.07. The summed E-state index contributed by atoms with van der Waals surface area (Å²) >= 11 is 0. The average Bonchev–Trinajstić information content (AvgIpc) is 2.37. The predicted molar refractivity (Wildman–Crippen MR) is 81.4 cm³/mol. The molecule has 2 aromatic carbocycles. The van der Waals surface area contributed by atoms with Crippen LogP contribution >= 0.6 is 0 Å². The fourth-order valence-electron chi connectivity index (χ4n) is 2.13. The topological polar surface area (TPSA) is 53.1 Å². The Labute approximate surface area is 114 Å². The van der Waals surface area contributed by atoms with Gasteiger partial charge in [-0.25, -0.2) is 0 Å². The molecule has 0 bridgehead atoms. The van der Waals surface area contributed by atoms with Crippen LogP contribution < -0.4 is 10.6 Å². The molecule has 0 aliphatic heterocycles. The zero-order valence-electron chi connectivity index (χ0n) is 11.6. The standard InChI is InChI=1S/C16H19N3/c1-11-5-4-6-13(9-11)19(3)15-8-7-12(2)10-14(15)16(17)18/h4-10H,1-3H3,(H3,17,18). The Balaban J connectivity index is 2.49. The van der Waals surface area contributed by atoms with Crippen LogP contribution in [0.1, 0.15) is 16.7 Å². The van der Waals surface area contributed by atoms with Gasteiger partial charge in [0.2, 0.25) is 0 Å². The molecule has 0 aliphatic carbocycles. The van der Waals surface area contributed by atoms with E-state index in [1.54, 1.807) is 0 Å². The molecule has 2 rings (SSSR count). The number of nitrogens with one attached hydrogen (secondary N) is 1. The quantitative estimate of drug-likeness (QED) is 0.651. The lowest BCUT2D eigenvalue weighted by Gasteiger charge is -2.23. The van der Waals surface area contributed by atoms with Crippen molar-refractivity contribution in [2.24, 2.45) is 5.73 Å².